The number of carbonyl (C=O) groups is 2. The minimum absolute atomic E-state index is 0.178. The summed E-state index contributed by atoms with van der Waals surface area (Å²) in [5, 5.41) is 0. The van der Waals surface area contributed by atoms with Gasteiger partial charge < -0.3 is 29.4 Å². The van der Waals surface area contributed by atoms with Crippen LogP contribution in [0.15, 0.2) is 24.3 Å². The van der Waals surface area contributed by atoms with E-state index in [1.54, 1.807) is 31.2 Å². The molecule has 9 nitrogen and oxygen atoms in total. The molecule has 27 heavy (non-hydrogen) atoms. The second-order valence-corrected chi connectivity index (χ2v) is 8.92. The van der Waals surface area contributed by atoms with E-state index in [2.05, 4.69) is 23.6 Å². The number of hydrogen-bond acceptors (Lipinski definition) is 4. The first-order chi connectivity index (χ1) is 12.3. The van der Waals surface area contributed by atoms with Crippen LogP contribution in [0.3, 0.4) is 0 Å². The molecule has 0 saturated carbocycles. The Morgan fingerprint density at radius 3 is 1.19 bits per heavy atom. The summed E-state index contributed by atoms with van der Waals surface area (Å²) in [4.78, 5) is 69.7. The molecule has 0 aromatic heterocycles. The van der Waals surface area contributed by atoms with Crippen molar-refractivity contribution in [3.63, 3.8) is 0 Å². The van der Waals surface area contributed by atoms with Crippen molar-refractivity contribution >= 4 is 48.9 Å². The van der Waals surface area contributed by atoms with Gasteiger partial charge in [0.05, 0.1) is 11.1 Å². The summed E-state index contributed by atoms with van der Waals surface area (Å²) in [7, 11) is 0. The van der Waals surface area contributed by atoms with Gasteiger partial charge in [-0.1, -0.05) is 39.8 Å². The molecule has 6 N–H and O–H groups in total. The van der Waals surface area contributed by atoms with Gasteiger partial charge in [0, 0.05) is 6.54 Å². The fourth-order valence-corrected chi connectivity index (χ4v) is 1.53. The molecule has 0 radical (unpaired) electrons. The van der Waals surface area contributed by atoms with Crippen molar-refractivity contribution < 1.29 is 38.9 Å². The quantitative estimate of drug-likeness (QED) is 0.267. The van der Waals surface area contributed by atoms with Crippen LogP contribution in [-0.4, -0.2) is 52.6 Å². The van der Waals surface area contributed by atoms with E-state index in [0.717, 1.165) is 0 Å². The highest BCUT2D eigenvalue weighted by atomic mass is 32.5. The zero-order valence-electron chi connectivity index (χ0n) is 15.7. The van der Waals surface area contributed by atoms with Crippen LogP contribution in [0.2, 0.25) is 0 Å². The minimum atomic E-state index is -3.81. The van der Waals surface area contributed by atoms with Crippen molar-refractivity contribution in [2.75, 3.05) is 6.54 Å². The molecule has 1 aromatic rings. The second kappa shape index (κ2) is 15.4. The zero-order valence-corrected chi connectivity index (χ0v) is 19.1. The molecule has 1 aliphatic rings. The van der Waals surface area contributed by atoms with Gasteiger partial charge in [-0.2, -0.15) is 0 Å². The molecule has 2 rings (SSSR count). The van der Waals surface area contributed by atoms with Gasteiger partial charge in [-0.25, -0.2) is 0 Å². The van der Waals surface area contributed by atoms with Gasteiger partial charge in [-0.15, -0.1) is 0 Å². The van der Waals surface area contributed by atoms with Crippen LogP contribution in [0.4, 0.5) is 0 Å². The molecular weight excluding hydrogens is 436 g/mol. The fourth-order valence-electron chi connectivity index (χ4n) is 1.53. The number of amides is 2. The molecule has 13 heteroatoms. The maximum atomic E-state index is 11.5. The van der Waals surface area contributed by atoms with Crippen LogP contribution < -0.4 is 0 Å². The van der Waals surface area contributed by atoms with Gasteiger partial charge >= 0.3 is 13.4 Å². The first-order valence-electron chi connectivity index (χ1n) is 7.77. The number of benzene rings is 1. The summed E-state index contributed by atoms with van der Waals surface area (Å²) in [5.41, 5.74) is 1.05. The average Bonchev–Trinajstić information content (AvgIpc) is 2.79. The molecule has 1 aliphatic heterocycles. The summed E-state index contributed by atoms with van der Waals surface area (Å²) >= 11 is 7.21. The summed E-state index contributed by atoms with van der Waals surface area (Å²) in [6.07, 6.45) is 0. The standard InChI is InChI=1S/C10H9NO2.2C2H6.2H3O3PS/c1-2-11-9(12)7-5-3-4-6-8(7)10(11)13;2*1-2;2*1-4(2,3)5/h3-6H,2H2,1H3;2*1-2H3;2*(H3,1,2,3,5). The van der Waals surface area contributed by atoms with Gasteiger partial charge in [-0.3, -0.25) is 14.5 Å². The van der Waals surface area contributed by atoms with Crippen LogP contribution in [-0.2, 0) is 23.6 Å². The summed E-state index contributed by atoms with van der Waals surface area (Å²) in [6, 6.07) is 6.91. The van der Waals surface area contributed by atoms with Gasteiger partial charge in [-0.05, 0) is 42.7 Å². The third-order valence-corrected chi connectivity index (χ3v) is 2.19. The predicted octanol–water partition coefficient (Wildman–Crippen LogP) is 1.73. The van der Waals surface area contributed by atoms with Gasteiger partial charge in [0.1, 0.15) is 0 Å². The van der Waals surface area contributed by atoms with E-state index >= 15 is 0 Å². The third-order valence-electron chi connectivity index (χ3n) is 2.19. The lowest BCUT2D eigenvalue weighted by molar-refractivity contribution is 0.0662. The fraction of sp³-hybridized carbons (Fsp3) is 0.429. The molecular formula is C14H27NO8P2S2. The summed E-state index contributed by atoms with van der Waals surface area (Å²) in [5.74, 6) is -0.355. The molecule has 158 valence electrons. The van der Waals surface area contributed by atoms with E-state index in [0.29, 0.717) is 17.7 Å². The maximum Gasteiger partial charge on any atom is 0.319 e. The number of hydrogen-bond donors (Lipinski definition) is 6. The molecule has 0 unspecified atom stereocenters. The van der Waals surface area contributed by atoms with Gasteiger partial charge in [0.25, 0.3) is 11.8 Å². The average molecular weight is 463 g/mol. The Balaban J connectivity index is -0.000000346. The molecule has 1 aromatic carbocycles. The highest BCUT2D eigenvalue weighted by molar-refractivity contribution is 8.06. The van der Waals surface area contributed by atoms with Crippen LogP contribution >= 0.6 is 13.4 Å². The molecule has 0 bridgehead atoms. The lowest BCUT2D eigenvalue weighted by Crippen LogP contribution is -2.29. The first kappa shape index (κ1) is 31.1. The third kappa shape index (κ3) is 17.3. The lowest BCUT2D eigenvalue weighted by Gasteiger charge is -2.08. The first-order valence-corrected chi connectivity index (χ1v) is 13.1. The second-order valence-electron chi connectivity index (χ2n) is 3.93. The molecule has 0 spiro atoms. The van der Waals surface area contributed by atoms with Crippen LogP contribution in [0.1, 0.15) is 55.3 Å². The Morgan fingerprint density at radius 1 is 0.778 bits per heavy atom. The number of rotatable bonds is 1. The SMILES string of the molecule is CC.CC.CCN1C(=O)c2ccccc2C1=O.OP(O)(O)=S.OP(O)(O)=S. The monoisotopic (exact) mass is 463 g/mol. The topological polar surface area (TPSA) is 159 Å². The lowest BCUT2D eigenvalue weighted by atomic mass is 10.1. The number of fused-ring (bicyclic) bond motifs is 1. The summed E-state index contributed by atoms with van der Waals surface area (Å²) < 4.78 is 0. The molecule has 0 fully saturated rings. The smallest absolute Gasteiger partial charge is 0.319 e. The van der Waals surface area contributed by atoms with E-state index in [4.69, 9.17) is 29.4 Å². The van der Waals surface area contributed by atoms with E-state index in [1.807, 2.05) is 27.7 Å². The van der Waals surface area contributed by atoms with Gasteiger partial charge in [0.15, 0.2) is 0 Å². The van der Waals surface area contributed by atoms with E-state index in [9.17, 15) is 9.59 Å². The Kier molecular flexibility index (Phi) is 17.7. The van der Waals surface area contributed by atoms with Crippen molar-refractivity contribution in [1.29, 1.82) is 0 Å². The predicted molar refractivity (Wildman–Crippen MR) is 112 cm³/mol. The van der Waals surface area contributed by atoms with E-state index in [1.165, 1.54) is 4.90 Å². The Hall–Kier alpha value is -0.580. The Bertz CT molecular complexity index is 603. The normalized spacial score (nSPS) is 12.0. The highest BCUT2D eigenvalue weighted by Crippen LogP contribution is 2.27. The molecule has 0 saturated heterocycles. The number of imide groups is 1. The highest BCUT2D eigenvalue weighted by Gasteiger charge is 2.33. The Labute approximate surface area is 169 Å². The largest absolute Gasteiger partial charge is 0.325 e. The van der Waals surface area contributed by atoms with Crippen LogP contribution in [0, 0.1) is 0 Å². The van der Waals surface area contributed by atoms with Crippen LogP contribution in [0.25, 0.3) is 0 Å². The van der Waals surface area contributed by atoms with E-state index in [-0.39, 0.29) is 11.8 Å². The van der Waals surface area contributed by atoms with Crippen molar-refractivity contribution in [2.45, 2.75) is 34.6 Å². The molecule has 0 atom stereocenters. The van der Waals surface area contributed by atoms with Crippen molar-refractivity contribution in [3.8, 4) is 0 Å². The van der Waals surface area contributed by atoms with Gasteiger partial charge in [0.2, 0.25) is 0 Å². The van der Waals surface area contributed by atoms with Crippen molar-refractivity contribution in [1.82, 2.24) is 4.90 Å². The number of nitrogens with zero attached hydrogens (tertiary/aromatic N) is 1. The summed E-state index contributed by atoms with van der Waals surface area (Å²) in [6.45, 7) is 2.62. The maximum absolute atomic E-state index is 11.5. The van der Waals surface area contributed by atoms with E-state index < -0.39 is 13.4 Å². The van der Waals surface area contributed by atoms with Crippen LogP contribution in [0.5, 0.6) is 0 Å². The number of carbonyl (C=O) groups excluding carboxylic acids is 2. The zero-order chi connectivity index (χ0) is 22.4. The molecule has 1 heterocycles. The molecule has 2 amide bonds. The molecule has 0 aliphatic carbocycles. The Morgan fingerprint density at radius 2 is 1.00 bits per heavy atom. The van der Waals surface area contributed by atoms with Crippen molar-refractivity contribution in [3.05, 3.63) is 35.4 Å². The van der Waals surface area contributed by atoms with Crippen molar-refractivity contribution in [2.24, 2.45) is 0 Å². The minimum Gasteiger partial charge on any atom is -0.325 e.